The van der Waals surface area contributed by atoms with Crippen molar-refractivity contribution < 1.29 is 14.6 Å². The number of carboxylic acids is 1. The first-order valence-electron chi connectivity index (χ1n) is 7.56. The molecule has 0 atom stereocenters. The highest BCUT2D eigenvalue weighted by molar-refractivity contribution is 5.99. The zero-order valence-electron chi connectivity index (χ0n) is 13.5. The molecule has 0 aliphatic heterocycles. The Morgan fingerprint density at radius 3 is 3.04 bits per heavy atom. The number of unbranched alkanes of at least 4 members (excludes halogenated alkanes) is 1. The van der Waals surface area contributed by atoms with Gasteiger partial charge in [-0.1, -0.05) is 0 Å². The molecule has 8 heteroatoms. The molecule has 1 heterocycles. The first-order chi connectivity index (χ1) is 11.6. The number of guanidine groups is 1. The van der Waals surface area contributed by atoms with Gasteiger partial charge in [-0.15, -0.1) is 0 Å². The van der Waals surface area contributed by atoms with E-state index in [0.29, 0.717) is 19.4 Å². The quantitative estimate of drug-likeness (QED) is 0.253. The van der Waals surface area contributed by atoms with Gasteiger partial charge in [0.2, 0.25) is 5.96 Å². The third-order valence-electron chi connectivity index (χ3n) is 3.38. The summed E-state index contributed by atoms with van der Waals surface area (Å²) in [6, 6.07) is 5.74. The zero-order chi connectivity index (χ0) is 17.4. The minimum atomic E-state index is -0.801. The number of methoxy groups -OCH3 is 1. The van der Waals surface area contributed by atoms with Gasteiger partial charge >= 0.3 is 5.97 Å². The van der Waals surface area contributed by atoms with Crippen LogP contribution in [0.5, 0.6) is 5.75 Å². The maximum Gasteiger partial charge on any atom is 0.303 e. The molecule has 2 rings (SSSR count). The second-order valence-corrected chi connectivity index (χ2v) is 5.14. The minimum absolute atomic E-state index is 0.144. The summed E-state index contributed by atoms with van der Waals surface area (Å²) in [6.07, 6.45) is 4.87. The lowest BCUT2D eigenvalue weighted by molar-refractivity contribution is -0.137. The summed E-state index contributed by atoms with van der Waals surface area (Å²) >= 11 is 0. The molecule has 1 aromatic carbocycles. The number of ether oxygens (including phenoxy) is 1. The van der Waals surface area contributed by atoms with Gasteiger partial charge in [0, 0.05) is 35.6 Å². The number of nitrogens with zero attached hydrogens (tertiary/aromatic N) is 2. The zero-order valence-corrected chi connectivity index (χ0v) is 13.5. The van der Waals surface area contributed by atoms with Crippen molar-refractivity contribution in [3.05, 3.63) is 30.0 Å². The highest BCUT2D eigenvalue weighted by Crippen LogP contribution is 2.22. The number of nitrogens with two attached hydrogens (primary N) is 1. The molecule has 0 radical (unpaired) electrons. The van der Waals surface area contributed by atoms with Crippen molar-refractivity contribution in [2.24, 2.45) is 15.8 Å². The lowest BCUT2D eigenvalue weighted by Crippen LogP contribution is -2.27. The largest absolute Gasteiger partial charge is 0.497 e. The highest BCUT2D eigenvalue weighted by Gasteiger charge is 2.03. The van der Waals surface area contributed by atoms with Crippen molar-refractivity contribution >= 4 is 29.0 Å². The van der Waals surface area contributed by atoms with Gasteiger partial charge in [0.15, 0.2) is 0 Å². The Hall–Kier alpha value is -3.03. The lowest BCUT2D eigenvalue weighted by atomic mass is 10.2. The maximum absolute atomic E-state index is 10.4. The summed E-state index contributed by atoms with van der Waals surface area (Å²) in [5, 5.41) is 13.6. The molecule has 0 amide bonds. The fourth-order valence-electron chi connectivity index (χ4n) is 2.15. The standard InChI is InChI=1S/C16H21N5O3/c1-24-12-5-6-14-13(8-12)11(9-19-14)10-20-21-16(17)18-7-3-2-4-15(22)23/h5-6,8-10,19H,2-4,7H2,1H3,(H,22,23)(H3,17,18,21)/b20-10+. The Balaban J connectivity index is 1.88. The van der Waals surface area contributed by atoms with Gasteiger partial charge in [0.25, 0.3) is 0 Å². The van der Waals surface area contributed by atoms with E-state index >= 15 is 0 Å². The van der Waals surface area contributed by atoms with E-state index < -0.39 is 5.97 Å². The molecule has 128 valence electrons. The Morgan fingerprint density at radius 1 is 1.46 bits per heavy atom. The van der Waals surface area contributed by atoms with E-state index in [2.05, 4.69) is 20.5 Å². The summed E-state index contributed by atoms with van der Waals surface area (Å²) in [5.74, 6) is 0.163. The molecule has 1 aromatic heterocycles. The number of aromatic amines is 1. The van der Waals surface area contributed by atoms with E-state index in [-0.39, 0.29) is 12.4 Å². The third kappa shape index (κ3) is 5.01. The molecule has 5 N–H and O–H groups in total. The number of fused-ring (bicyclic) bond motifs is 1. The second kappa shape index (κ2) is 8.56. The van der Waals surface area contributed by atoms with Gasteiger partial charge < -0.3 is 20.6 Å². The number of aromatic nitrogens is 1. The molecule has 0 aliphatic carbocycles. The van der Waals surface area contributed by atoms with Crippen molar-refractivity contribution in [2.75, 3.05) is 13.7 Å². The summed E-state index contributed by atoms with van der Waals surface area (Å²) in [6.45, 7) is 0.464. The lowest BCUT2D eigenvalue weighted by Gasteiger charge is -2.00. The molecule has 0 fully saturated rings. The first kappa shape index (κ1) is 17.3. The second-order valence-electron chi connectivity index (χ2n) is 5.14. The number of aliphatic imine (C=N–C) groups is 1. The van der Waals surface area contributed by atoms with Crippen LogP contribution in [-0.4, -0.2) is 41.9 Å². The van der Waals surface area contributed by atoms with Crippen LogP contribution in [0.15, 0.2) is 34.5 Å². The summed E-state index contributed by atoms with van der Waals surface area (Å²) < 4.78 is 5.22. The molecule has 0 bridgehead atoms. The highest BCUT2D eigenvalue weighted by atomic mass is 16.5. The molecule has 0 saturated heterocycles. The minimum Gasteiger partial charge on any atom is -0.497 e. The summed E-state index contributed by atoms with van der Waals surface area (Å²) in [4.78, 5) is 17.6. The number of hydrogen-bond donors (Lipinski definition) is 4. The van der Waals surface area contributed by atoms with Gasteiger partial charge in [0.1, 0.15) is 5.75 Å². The van der Waals surface area contributed by atoms with Gasteiger partial charge in [-0.3, -0.25) is 9.79 Å². The number of hydrogen-bond acceptors (Lipinski definition) is 4. The van der Waals surface area contributed by atoms with Crippen LogP contribution in [0.25, 0.3) is 10.9 Å². The van der Waals surface area contributed by atoms with E-state index in [9.17, 15) is 4.79 Å². The summed E-state index contributed by atoms with van der Waals surface area (Å²) in [7, 11) is 1.62. The average molecular weight is 331 g/mol. The van der Waals surface area contributed by atoms with Crippen LogP contribution in [0.4, 0.5) is 0 Å². The average Bonchev–Trinajstić information content (AvgIpc) is 2.96. The fourth-order valence-corrected chi connectivity index (χ4v) is 2.15. The SMILES string of the molecule is COc1ccc2[nH]cc(/C=N/NC(N)=NCCCCC(=O)O)c2c1. The number of benzene rings is 1. The van der Waals surface area contributed by atoms with Gasteiger partial charge in [-0.25, -0.2) is 5.43 Å². The van der Waals surface area contributed by atoms with Gasteiger partial charge in [0.05, 0.1) is 13.3 Å². The number of H-pyrrole nitrogens is 1. The Bertz CT molecular complexity index is 751. The smallest absolute Gasteiger partial charge is 0.303 e. The Kier molecular flexibility index (Phi) is 6.18. The van der Waals surface area contributed by atoms with Crippen molar-refractivity contribution in [3.8, 4) is 5.75 Å². The van der Waals surface area contributed by atoms with Crippen molar-refractivity contribution in [1.29, 1.82) is 0 Å². The summed E-state index contributed by atoms with van der Waals surface area (Å²) in [5.41, 5.74) is 10.2. The van der Waals surface area contributed by atoms with Crippen molar-refractivity contribution in [1.82, 2.24) is 10.4 Å². The molecule has 8 nitrogen and oxygen atoms in total. The topological polar surface area (TPSA) is 125 Å². The van der Waals surface area contributed by atoms with Crippen LogP contribution in [0.3, 0.4) is 0 Å². The number of carboxylic acid groups (broad SMARTS) is 1. The Labute approximate surface area is 139 Å². The molecule has 0 unspecified atom stereocenters. The van der Waals surface area contributed by atoms with E-state index in [0.717, 1.165) is 22.2 Å². The number of rotatable bonds is 8. The Morgan fingerprint density at radius 2 is 2.29 bits per heavy atom. The van der Waals surface area contributed by atoms with E-state index in [1.807, 2.05) is 24.4 Å². The molecular weight excluding hydrogens is 310 g/mol. The van der Waals surface area contributed by atoms with Crippen LogP contribution >= 0.6 is 0 Å². The number of aliphatic carboxylic acids is 1. The van der Waals surface area contributed by atoms with Crippen LogP contribution in [0.2, 0.25) is 0 Å². The van der Waals surface area contributed by atoms with Crippen LogP contribution in [0.1, 0.15) is 24.8 Å². The van der Waals surface area contributed by atoms with E-state index in [1.165, 1.54) is 0 Å². The maximum atomic E-state index is 10.4. The number of carbonyl (C=O) groups is 1. The number of nitrogens with one attached hydrogen (secondary N) is 2. The van der Waals surface area contributed by atoms with Crippen LogP contribution in [0, 0.1) is 0 Å². The van der Waals surface area contributed by atoms with Crippen molar-refractivity contribution in [2.45, 2.75) is 19.3 Å². The van der Waals surface area contributed by atoms with Crippen LogP contribution in [-0.2, 0) is 4.79 Å². The first-order valence-corrected chi connectivity index (χ1v) is 7.56. The predicted octanol–water partition coefficient (Wildman–Crippen LogP) is 1.67. The van der Waals surface area contributed by atoms with Gasteiger partial charge in [-0.05, 0) is 31.0 Å². The normalized spacial score (nSPS) is 12.0. The molecule has 24 heavy (non-hydrogen) atoms. The predicted molar refractivity (Wildman–Crippen MR) is 93.6 cm³/mol. The molecule has 0 saturated carbocycles. The fraction of sp³-hybridized carbons (Fsp3) is 0.312. The number of hydrazone groups is 1. The third-order valence-corrected chi connectivity index (χ3v) is 3.38. The van der Waals surface area contributed by atoms with E-state index in [1.54, 1.807) is 13.3 Å². The molecule has 0 aliphatic rings. The van der Waals surface area contributed by atoms with Gasteiger partial charge in [-0.2, -0.15) is 5.10 Å². The molecule has 0 spiro atoms. The van der Waals surface area contributed by atoms with Crippen molar-refractivity contribution in [3.63, 3.8) is 0 Å². The van der Waals surface area contributed by atoms with E-state index in [4.69, 9.17) is 15.6 Å². The monoisotopic (exact) mass is 331 g/mol. The molecular formula is C16H21N5O3. The molecule has 2 aromatic rings. The van der Waals surface area contributed by atoms with Crippen LogP contribution < -0.4 is 15.9 Å².